The van der Waals surface area contributed by atoms with E-state index in [-0.39, 0.29) is 11.4 Å². The van der Waals surface area contributed by atoms with Crippen molar-refractivity contribution in [3.63, 3.8) is 0 Å². The maximum atomic E-state index is 12.3. The fourth-order valence-corrected chi connectivity index (χ4v) is 3.98. The summed E-state index contributed by atoms with van der Waals surface area (Å²) in [5.41, 5.74) is 1.28. The van der Waals surface area contributed by atoms with Gasteiger partial charge in [0.2, 0.25) is 10.0 Å². The number of rotatable bonds is 6. The van der Waals surface area contributed by atoms with Crippen LogP contribution in [0.3, 0.4) is 0 Å². The third-order valence-electron chi connectivity index (χ3n) is 2.94. The third kappa shape index (κ3) is 3.87. The van der Waals surface area contributed by atoms with E-state index >= 15 is 0 Å². The molecular weight excluding hydrogens is 308 g/mol. The van der Waals surface area contributed by atoms with Crippen molar-refractivity contribution in [2.24, 2.45) is 0 Å². The van der Waals surface area contributed by atoms with Gasteiger partial charge >= 0.3 is 0 Å². The van der Waals surface area contributed by atoms with Crippen molar-refractivity contribution in [1.82, 2.24) is 9.88 Å². The second-order valence-electron chi connectivity index (χ2n) is 4.55. The zero-order valence-corrected chi connectivity index (χ0v) is 13.8. The zero-order chi connectivity index (χ0) is 15.5. The number of nitrogens with one attached hydrogen (secondary N) is 1. The molecule has 0 saturated heterocycles. The van der Waals surface area contributed by atoms with Gasteiger partial charge in [-0.05, 0) is 37.3 Å². The Morgan fingerprint density at radius 1 is 1.24 bits per heavy atom. The SMILES string of the molecule is CCSc1ccc(CNS(=O)(=O)c2c(C)noc2C)cc1. The zero-order valence-electron chi connectivity index (χ0n) is 12.2. The molecule has 1 aromatic carbocycles. The molecule has 7 heteroatoms. The number of nitrogens with zero attached hydrogens (tertiary/aromatic N) is 1. The van der Waals surface area contributed by atoms with E-state index in [1.807, 2.05) is 24.3 Å². The maximum Gasteiger partial charge on any atom is 0.246 e. The highest BCUT2D eigenvalue weighted by Gasteiger charge is 2.23. The van der Waals surface area contributed by atoms with Crippen LogP contribution in [-0.4, -0.2) is 19.3 Å². The molecule has 114 valence electrons. The molecule has 0 saturated carbocycles. The van der Waals surface area contributed by atoms with Gasteiger partial charge in [0.25, 0.3) is 0 Å². The quantitative estimate of drug-likeness (QED) is 0.826. The lowest BCUT2D eigenvalue weighted by Crippen LogP contribution is -2.24. The second-order valence-corrected chi connectivity index (χ2v) is 7.60. The van der Waals surface area contributed by atoms with E-state index in [1.165, 1.54) is 4.90 Å². The first-order valence-electron chi connectivity index (χ1n) is 6.58. The van der Waals surface area contributed by atoms with Crippen LogP contribution < -0.4 is 4.72 Å². The summed E-state index contributed by atoms with van der Waals surface area (Å²) >= 11 is 1.75. The highest BCUT2D eigenvalue weighted by atomic mass is 32.2. The predicted octanol–water partition coefficient (Wildman–Crippen LogP) is 2.88. The van der Waals surface area contributed by atoms with Gasteiger partial charge in [-0.15, -0.1) is 11.8 Å². The van der Waals surface area contributed by atoms with Crippen LogP contribution in [0.4, 0.5) is 0 Å². The lowest BCUT2D eigenvalue weighted by Gasteiger charge is -2.07. The van der Waals surface area contributed by atoms with Crippen molar-refractivity contribution in [2.45, 2.75) is 37.1 Å². The monoisotopic (exact) mass is 326 g/mol. The van der Waals surface area contributed by atoms with Gasteiger partial charge in [-0.2, -0.15) is 0 Å². The summed E-state index contributed by atoms with van der Waals surface area (Å²) in [4.78, 5) is 1.30. The van der Waals surface area contributed by atoms with Crippen molar-refractivity contribution in [2.75, 3.05) is 5.75 Å². The number of thioether (sulfide) groups is 1. The summed E-state index contributed by atoms with van der Waals surface area (Å²) in [6.07, 6.45) is 0. The topological polar surface area (TPSA) is 72.2 Å². The molecule has 1 heterocycles. The average molecular weight is 326 g/mol. The average Bonchev–Trinajstić information content (AvgIpc) is 2.78. The summed E-state index contributed by atoms with van der Waals surface area (Å²) in [5, 5.41) is 3.67. The standard InChI is InChI=1S/C14H18N2O3S2/c1-4-20-13-7-5-12(6-8-13)9-15-21(17,18)14-10(2)16-19-11(14)3/h5-8,15H,4,9H2,1-3H3. The van der Waals surface area contributed by atoms with Crippen LogP contribution in [-0.2, 0) is 16.6 Å². The largest absolute Gasteiger partial charge is 0.360 e. The van der Waals surface area contributed by atoms with Crippen LogP contribution >= 0.6 is 11.8 Å². The Kier molecular flexibility index (Phi) is 5.08. The highest BCUT2D eigenvalue weighted by molar-refractivity contribution is 7.99. The van der Waals surface area contributed by atoms with Gasteiger partial charge in [0.1, 0.15) is 10.6 Å². The van der Waals surface area contributed by atoms with Crippen molar-refractivity contribution >= 4 is 21.8 Å². The van der Waals surface area contributed by atoms with Gasteiger partial charge < -0.3 is 4.52 Å². The molecule has 0 radical (unpaired) electrons. The van der Waals surface area contributed by atoms with E-state index in [0.29, 0.717) is 11.5 Å². The van der Waals surface area contributed by atoms with Crippen molar-refractivity contribution in [1.29, 1.82) is 0 Å². The molecule has 0 fully saturated rings. The van der Waals surface area contributed by atoms with E-state index < -0.39 is 10.0 Å². The Morgan fingerprint density at radius 2 is 1.90 bits per heavy atom. The second kappa shape index (κ2) is 6.64. The minimum atomic E-state index is -3.61. The molecule has 0 spiro atoms. The molecular formula is C14H18N2O3S2. The minimum absolute atomic E-state index is 0.126. The normalized spacial score (nSPS) is 11.8. The van der Waals surface area contributed by atoms with Gasteiger partial charge in [-0.25, -0.2) is 13.1 Å². The molecule has 2 rings (SSSR count). The lowest BCUT2D eigenvalue weighted by atomic mass is 10.2. The molecule has 0 bridgehead atoms. The van der Waals surface area contributed by atoms with Gasteiger partial charge in [0, 0.05) is 11.4 Å². The van der Waals surface area contributed by atoms with Gasteiger partial charge in [-0.3, -0.25) is 0 Å². The first-order chi connectivity index (χ1) is 9.94. The van der Waals surface area contributed by atoms with E-state index in [2.05, 4.69) is 16.8 Å². The molecule has 0 aliphatic heterocycles. The Labute approximate surface area is 129 Å². The summed E-state index contributed by atoms with van der Waals surface area (Å²) in [6, 6.07) is 7.84. The number of aryl methyl sites for hydroxylation is 2. The van der Waals surface area contributed by atoms with Crippen molar-refractivity contribution < 1.29 is 12.9 Å². The molecule has 0 aliphatic rings. The molecule has 5 nitrogen and oxygen atoms in total. The number of aromatic nitrogens is 1. The van der Waals surface area contributed by atoms with Crippen LogP contribution in [0.5, 0.6) is 0 Å². The number of hydrogen-bond acceptors (Lipinski definition) is 5. The molecule has 1 N–H and O–H groups in total. The predicted molar refractivity (Wildman–Crippen MR) is 82.8 cm³/mol. The Balaban J connectivity index is 2.08. The third-order valence-corrected chi connectivity index (χ3v) is 5.48. The molecule has 0 amide bonds. The van der Waals surface area contributed by atoms with Crippen LogP contribution in [0.2, 0.25) is 0 Å². The fourth-order valence-electron chi connectivity index (χ4n) is 1.98. The molecule has 21 heavy (non-hydrogen) atoms. The summed E-state index contributed by atoms with van der Waals surface area (Å²) < 4.78 is 32.0. The number of sulfonamides is 1. The van der Waals surface area contributed by atoms with Crippen LogP contribution in [0.25, 0.3) is 0 Å². The molecule has 1 aromatic heterocycles. The van der Waals surface area contributed by atoms with Gasteiger partial charge in [0.05, 0.1) is 0 Å². The first-order valence-corrected chi connectivity index (χ1v) is 9.05. The smallest absolute Gasteiger partial charge is 0.246 e. The Morgan fingerprint density at radius 3 is 2.43 bits per heavy atom. The summed E-state index contributed by atoms with van der Waals surface area (Å²) in [5.74, 6) is 1.31. The highest BCUT2D eigenvalue weighted by Crippen LogP contribution is 2.20. The summed E-state index contributed by atoms with van der Waals surface area (Å²) in [7, 11) is -3.61. The summed E-state index contributed by atoms with van der Waals surface area (Å²) in [6.45, 7) is 5.53. The number of benzene rings is 1. The maximum absolute atomic E-state index is 12.3. The minimum Gasteiger partial charge on any atom is -0.360 e. The van der Waals surface area contributed by atoms with E-state index in [9.17, 15) is 8.42 Å². The van der Waals surface area contributed by atoms with Crippen molar-refractivity contribution in [3.8, 4) is 0 Å². The molecule has 2 aromatic rings. The van der Waals surface area contributed by atoms with E-state index in [4.69, 9.17) is 4.52 Å². The van der Waals surface area contributed by atoms with E-state index in [0.717, 1.165) is 11.3 Å². The molecule has 0 aliphatic carbocycles. The molecule has 0 atom stereocenters. The van der Waals surface area contributed by atoms with Gasteiger partial charge in [0.15, 0.2) is 5.76 Å². The lowest BCUT2D eigenvalue weighted by molar-refractivity contribution is 0.390. The Hall–Kier alpha value is -1.31. The first kappa shape index (κ1) is 16.1. The van der Waals surface area contributed by atoms with Crippen molar-refractivity contribution in [3.05, 3.63) is 41.3 Å². The molecule has 0 unspecified atom stereocenters. The fraction of sp³-hybridized carbons (Fsp3) is 0.357. The van der Waals surface area contributed by atoms with Crippen LogP contribution in [0, 0.1) is 13.8 Å². The number of hydrogen-bond donors (Lipinski definition) is 1. The van der Waals surface area contributed by atoms with Crippen LogP contribution in [0.1, 0.15) is 23.9 Å². The van der Waals surface area contributed by atoms with E-state index in [1.54, 1.807) is 25.6 Å². The van der Waals surface area contributed by atoms with Gasteiger partial charge in [-0.1, -0.05) is 24.2 Å². The van der Waals surface area contributed by atoms with Crippen LogP contribution in [0.15, 0.2) is 38.6 Å². The Bertz CT molecular complexity index is 687.